The van der Waals surface area contributed by atoms with Crippen molar-refractivity contribution in [2.24, 2.45) is 5.50 Å². The Morgan fingerprint density at radius 1 is 1.44 bits per heavy atom. The van der Waals surface area contributed by atoms with Gasteiger partial charge in [-0.25, -0.2) is 0 Å². The third-order valence-corrected chi connectivity index (χ3v) is 0.365. The lowest BCUT2D eigenvalue weighted by atomic mass is 10.5. The molecule has 58 valence electrons. The van der Waals surface area contributed by atoms with Crippen molar-refractivity contribution in [1.82, 2.24) is 0 Å². The highest BCUT2D eigenvalue weighted by molar-refractivity contribution is 7.42. The van der Waals surface area contributed by atoms with Crippen LogP contribution in [0, 0.1) is 0 Å². The Morgan fingerprint density at radius 2 is 1.56 bits per heavy atom. The lowest BCUT2D eigenvalue weighted by Crippen LogP contribution is -1.99. The Bertz CT molecular complexity index is 48.3. The zero-order valence-corrected chi connectivity index (χ0v) is 5.99. The molecule has 0 saturated heterocycles. The van der Waals surface area contributed by atoms with E-state index in [2.05, 4.69) is 5.50 Å². The van der Waals surface area contributed by atoms with Crippen molar-refractivity contribution < 1.29 is 20.0 Å². The van der Waals surface area contributed by atoms with E-state index in [4.69, 9.17) is 20.0 Å². The summed E-state index contributed by atoms with van der Waals surface area (Å²) in [6.07, 6.45) is -0.699. The molecule has 0 aliphatic carbocycles. The summed E-state index contributed by atoms with van der Waals surface area (Å²) in [5.41, 5.74) is 4.29. The first-order valence-electron chi connectivity index (χ1n) is 2.29. The van der Waals surface area contributed by atoms with Gasteiger partial charge >= 0.3 is 0 Å². The van der Waals surface area contributed by atoms with E-state index >= 15 is 0 Å². The number of nitrogens with two attached hydrogens (primary N) is 1. The van der Waals surface area contributed by atoms with Gasteiger partial charge in [0, 0.05) is 0 Å². The normalized spacial score (nSPS) is 9.33. The second-order valence-electron chi connectivity index (χ2n) is 1.21. The van der Waals surface area contributed by atoms with Crippen LogP contribution in [0.3, 0.4) is 0 Å². The van der Waals surface area contributed by atoms with E-state index in [1.54, 1.807) is 6.92 Å². The lowest BCUT2D eigenvalue weighted by molar-refractivity contribution is -0.0413. The summed E-state index contributed by atoms with van der Waals surface area (Å²) >= 11 is 0. The van der Waals surface area contributed by atoms with Gasteiger partial charge in [0.15, 0.2) is 6.29 Å². The number of aliphatic hydroxyl groups excluding tert-OH is 1. The van der Waals surface area contributed by atoms with Crippen molar-refractivity contribution in [1.29, 1.82) is 0 Å². The van der Waals surface area contributed by atoms with Crippen LogP contribution in [-0.2, 0) is 0 Å². The summed E-state index contributed by atoms with van der Waals surface area (Å²) in [5, 5.41) is 15.8. The first-order valence-corrected chi connectivity index (χ1v) is 3.61. The summed E-state index contributed by atoms with van der Waals surface area (Å²) in [6.45, 7) is 1.70. The topological polar surface area (TPSA) is 107 Å². The Kier molecular flexibility index (Phi) is 10.9. The maximum Gasteiger partial charge on any atom is 0.247 e. The molecule has 6 N–H and O–H groups in total. The van der Waals surface area contributed by atoms with Gasteiger partial charge in [0.2, 0.25) is 8.53 Å². The minimum atomic E-state index is -2.12. The number of hydrogen-bond acceptors (Lipinski definition) is 5. The Labute approximate surface area is 54.7 Å². The molecule has 0 aliphatic rings. The monoisotopic (exact) mass is 157 g/mol. The Morgan fingerprint density at radius 3 is 1.56 bits per heavy atom. The molecular formula is C3H12NO4P. The fraction of sp³-hybridized carbons (Fsp3) is 1.00. The van der Waals surface area contributed by atoms with Crippen molar-refractivity contribution in [2.75, 3.05) is 0 Å². The maximum atomic E-state index is 7.92. The average molecular weight is 157 g/mol. The predicted molar refractivity (Wildman–Crippen MR) is 34.1 cm³/mol. The minimum absolute atomic E-state index is 0.417. The highest BCUT2D eigenvalue weighted by Gasteiger charge is 1.83. The molecule has 0 radical (unpaired) electrons. The van der Waals surface area contributed by atoms with Crippen molar-refractivity contribution in [3.05, 3.63) is 0 Å². The molecule has 0 aromatic heterocycles. The van der Waals surface area contributed by atoms with Crippen LogP contribution >= 0.6 is 8.53 Å². The van der Waals surface area contributed by atoms with Crippen LogP contribution in [0.15, 0.2) is 0 Å². The first-order chi connectivity index (χ1) is 4.00. The molecule has 0 saturated carbocycles. The molecule has 0 unspecified atom stereocenters. The van der Waals surface area contributed by atoms with Gasteiger partial charge in [-0.2, -0.15) is 0 Å². The molecule has 0 aliphatic heterocycles. The van der Waals surface area contributed by atoms with Crippen molar-refractivity contribution in [3.8, 4) is 0 Å². The van der Waals surface area contributed by atoms with Crippen LogP contribution in [0.5, 0.6) is 0 Å². The van der Waals surface area contributed by atoms with Crippen LogP contribution in [-0.4, -0.2) is 26.3 Å². The molecule has 0 aromatic carbocycles. The van der Waals surface area contributed by atoms with Crippen molar-refractivity contribution in [2.45, 2.75) is 19.6 Å². The molecule has 0 spiro atoms. The van der Waals surface area contributed by atoms with Gasteiger partial charge in [-0.05, 0) is 6.42 Å². The highest BCUT2D eigenvalue weighted by atomic mass is 31.2. The zero-order chi connectivity index (χ0) is 7.86. The molecule has 5 nitrogen and oxygen atoms in total. The summed E-state index contributed by atoms with van der Waals surface area (Å²) in [4.78, 5) is 14.9. The van der Waals surface area contributed by atoms with Gasteiger partial charge in [0.05, 0.1) is 0 Å². The second-order valence-corrected chi connectivity index (χ2v) is 1.85. The van der Waals surface area contributed by atoms with Crippen LogP contribution in [0.4, 0.5) is 0 Å². The van der Waals surface area contributed by atoms with Crippen molar-refractivity contribution in [3.63, 3.8) is 0 Å². The predicted octanol–water partition coefficient (Wildman–Crippen LogP) is -1.14. The zero-order valence-electron chi connectivity index (χ0n) is 5.10. The van der Waals surface area contributed by atoms with E-state index in [9.17, 15) is 0 Å². The Hall–Kier alpha value is 0.230. The third-order valence-electron chi connectivity index (χ3n) is 0.365. The average Bonchev–Trinajstić information content (AvgIpc) is 1.65. The van der Waals surface area contributed by atoms with Gasteiger partial charge in [-0.15, -0.1) is 0 Å². The standard InChI is InChI=1S/C3H8O2.H4NO2P/c1-2-3(4)5;1-4(2)3/h3-5H,2H2,1H3;2-3H,1H2. The fourth-order valence-electron chi connectivity index (χ4n) is 0. The van der Waals surface area contributed by atoms with Crippen LogP contribution < -0.4 is 5.50 Å². The third kappa shape index (κ3) is 64.2. The molecule has 0 rings (SSSR count). The van der Waals surface area contributed by atoms with E-state index in [0.29, 0.717) is 6.42 Å². The van der Waals surface area contributed by atoms with Gasteiger partial charge in [0.1, 0.15) is 0 Å². The molecule has 0 amide bonds. The minimum Gasteiger partial charge on any atom is -0.368 e. The van der Waals surface area contributed by atoms with E-state index in [1.807, 2.05) is 0 Å². The summed E-state index contributed by atoms with van der Waals surface area (Å²) in [7, 11) is -2.12. The summed E-state index contributed by atoms with van der Waals surface area (Å²) in [5.74, 6) is 0. The number of hydrogen-bond donors (Lipinski definition) is 5. The molecule has 0 atom stereocenters. The molecule has 9 heavy (non-hydrogen) atoms. The number of aliphatic hydroxyl groups is 2. The molecule has 0 aromatic rings. The van der Waals surface area contributed by atoms with Crippen molar-refractivity contribution >= 4 is 8.53 Å². The van der Waals surface area contributed by atoms with Crippen LogP contribution in [0.1, 0.15) is 13.3 Å². The molecule has 6 heteroatoms. The van der Waals surface area contributed by atoms with E-state index in [-0.39, 0.29) is 0 Å². The van der Waals surface area contributed by atoms with E-state index in [1.165, 1.54) is 0 Å². The molecule has 0 fully saturated rings. The van der Waals surface area contributed by atoms with E-state index in [0.717, 1.165) is 0 Å². The SMILES string of the molecule is CCC(O)O.NP(O)O. The number of rotatable bonds is 1. The molecular weight excluding hydrogens is 145 g/mol. The smallest absolute Gasteiger partial charge is 0.247 e. The first kappa shape index (κ1) is 12.0. The highest BCUT2D eigenvalue weighted by Crippen LogP contribution is 2.05. The quantitative estimate of drug-likeness (QED) is 0.244. The summed E-state index contributed by atoms with van der Waals surface area (Å²) < 4.78 is 0. The molecule has 0 bridgehead atoms. The lowest BCUT2D eigenvalue weighted by Gasteiger charge is -1.90. The van der Waals surface area contributed by atoms with Crippen LogP contribution in [0.25, 0.3) is 0 Å². The fourth-order valence-corrected chi connectivity index (χ4v) is 0. The maximum absolute atomic E-state index is 7.92. The van der Waals surface area contributed by atoms with Gasteiger partial charge in [-0.1, -0.05) is 6.92 Å². The van der Waals surface area contributed by atoms with Gasteiger partial charge < -0.3 is 20.0 Å². The summed E-state index contributed by atoms with van der Waals surface area (Å²) in [6, 6.07) is 0. The second kappa shape index (κ2) is 8.23. The van der Waals surface area contributed by atoms with E-state index < -0.39 is 14.8 Å². The van der Waals surface area contributed by atoms with Gasteiger partial charge in [-0.3, -0.25) is 5.50 Å². The van der Waals surface area contributed by atoms with Crippen LogP contribution in [0.2, 0.25) is 0 Å². The molecule has 0 heterocycles. The Balaban J connectivity index is 0. The van der Waals surface area contributed by atoms with Gasteiger partial charge in [0.25, 0.3) is 0 Å². The largest absolute Gasteiger partial charge is 0.368 e.